The molecular formula is C28H30N4O5S. The number of aliphatic carboxylic acids is 1. The fourth-order valence-electron chi connectivity index (χ4n) is 5.16. The predicted octanol–water partition coefficient (Wildman–Crippen LogP) is 4.16. The van der Waals surface area contributed by atoms with E-state index < -0.39 is 21.9 Å². The number of fused-ring (bicyclic) bond motifs is 2. The van der Waals surface area contributed by atoms with E-state index in [2.05, 4.69) is 10.3 Å². The second-order valence-electron chi connectivity index (χ2n) is 9.87. The lowest BCUT2D eigenvalue weighted by atomic mass is 9.84. The van der Waals surface area contributed by atoms with Gasteiger partial charge >= 0.3 is 5.97 Å². The summed E-state index contributed by atoms with van der Waals surface area (Å²) in [6.45, 7) is 6.05. The number of aromatic nitrogens is 3. The first-order valence-electron chi connectivity index (χ1n) is 12.4. The molecule has 198 valence electrons. The van der Waals surface area contributed by atoms with Gasteiger partial charge in [0.25, 0.3) is 0 Å². The van der Waals surface area contributed by atoms with Crippen molar-refractivity contribution in [2.45, 2.75) is 50.7 Å². The number of ether oxygens (including phenoxy) is 1. The molecule has 2 heterocycles. The Kier molecular flexibility index (Phi) is 6.70. The molecule has 2 unspecified atom stereocenters. The maximum absolute atomic E-state index is 13.6. The molecule has 0 spiro atoms. The monoisotopic (exact) mass is 534 g/mol. The van der Waals surface area contributed by atoms with Crippen molar-refractivity contribution < 1.29 is 23.1 Å². The summed E-state index contributed by atoms with van der Waals surface area (Å²) in [6.07, 6.45) is -0.451. The number of carboxylic acids is 1. The van der Waals surface area contributed by atoms with Gasteiger partial charge in [-0.3, -0.25) is 4.79 Å². The van der Waals surface area contributed by atoms with Gasteiger partial charge in [0.2, 0.25) is 10.0 Å². The van der Waals surface area contributed by atoms with E-state index in [0.29, 0.717) is 5.75 Å². The summed E-state index contributed by atoms with van der Waals surface area (Å²) in [7, 11) is -1.99. The van der Waals surface area contributed by atoms with Crippen LogP contribution in [0.5, 0.6) is 5.75 Å². The Hall–Kier alpha value is -3.76. The fraction of sp³-hybridized carbons (Fsp3) is 0.321. The number of aryl methyl sites for hydroxylation is 3. The van der Waals surface area contributed by atoms with Crippen LogP contribution in [0.25, 0.3) is 11.0 Å². The molecule has 0 radical (unpaired) electrons. The van der Waals surface area contributed by atoms with Gasteiger partial charge in [-0.05, 0) is 66.8 Å². The van der Waals surface area contributed by atoms with E-state index in [1.807, 2.05) is 58.2 Å². The Morgan fingerprint density at radius 1 is 1.16 bits per heavy atom. The van der Waals surface area contributed by atoms with Crippen molar-refractivity contribution in [2.75, 3.05) is 6.54 Å². The minimum Gasteiger partial charge on any atom is -0.488 e. The Morgan fingerprint density at radius 2 is 1.92 bits per heavy atom. The van der Waals surface area contributed by atoms with Crippen LogP contribution in [0, 0.1) is 13.8 Å². The quantitative estimate of drug-likeness (QED) is 0.395. The molecule has 1 aliphatic rings. The molecule has 0 fully saturated rings. The van der Waals surface area contributed by atoms with Crippen LogP contribution in [0.1, 0.15) is 47.1 Å². The number of benzene rings is 3. The molecule has 1 aliphatic heterocycles. The maximum atomic E-state index is 13.6. The first-order chi connectivity index (χ1) is 18.1. The molecule has 4 aromatic rings. The molecule has 5 rings (SSSR count). The minimum absolute atomic E-state index is 0.116. The van der Waals surface area contributed by atoms with E-state index in [9.17, 15) is 18.3 Å². The van der Waals surface area contributed by atoms with Gasteiger partial charge in [-0.1, -0.05) is 41.6 Å². The van der Waals surface area contributed by atoms with Crippen LogP contribution < -0.4 is 4.74 Å². The third-order valence-corrected chi connectivity index (χ3v) is 9.06. The van der Waals surface area contributed by atoms with Gasteiger partial charge in [0.15, 0.2) is 0 Å². The first-order valence-corrected chi connectivity index (χ1v) is 13.9. The normalized spacial score (nSPS) is 17.9. The number of hydrogen-bond acceptors (Lipinski definition) is 6. The zero-order valence-electron chi connectivity index (χ0n) is 21.7. The van der Waals surface area contributed by atoms with Gasteiger partial charge in [-0.15, -0.1) is 5.10 Å². The fourth-order valence-corrected chi connectivity index (χ4v) is 6.78. The second-order valence-corrected chi connectivity index (χ2v) is 11.8. The zero-order chi connectivity index (χ0) is 27.2. The van der Waals surface area contributed by atoms with Gasteiger partial charge < -0.3 is 9.84 Å². The van der Waals surface area contributed by atoms with E-state index >= 15 is 0 Å². The van der Waals surface area contributed by atoms with E-state index in [4.69, 9.17) is 4.74 Å². The van der Waals surface area contributed by atoms with Crippen molar-refractivity contribution in [1.82, 2.24) is 19.3 Å². The van der Waals surface area contributed by atoms with Crippen LogP contribution >= 0.6 is 0 Å². The van der Waals surface area contributed by atoms with Crippen LogP contribution in [0.4, 0.5) is 0 Å². The van der Waals surface area contributed by atoms with Crippen LogP contribution in [0.2, 0.25) is 0 Å². The van der Waals surface area contributed by atoms with Crippen molar-refractivity contribution in [3.8, 4) is 5.75 Å². The molecule has 10 heteroatoms. The highest BCUT2D eigenvalue weighted by atomic mass is 32.2. The molecule has 0 bridgehead atoms. The minimum atomic E-state index is -3.80. The van der Waals surface area contributed by atoms with E-state index in [-0.39, 0.29) is 30.5 Å². The summed E-state index contributed by atoms with van der Waals surface area (Å²) in [5.74, 6) is -1.01. The Labute approximate surface area is 221 Å². The molecule has 2 atom stereocenters. The second kappa shape index (κ2) is 9.85. The standard InChI is InChI=1S/C28H30N4O5S/c1-17-9-10-20(23(14-27(33)34)22-11-12-24-28(19(22)3)29-30-31(24)4)13-21(17)16-32-15-18(2)37-25-7-5-6-8-26(25)38(32,35)36/h5-13,18,23H,14-16H2,1-4H3,(H,33,34). The number of hydrogen-bond donors (Lipinski definition) is 1. The number of carboxylic acid groups (broad SMARTS) is 1. The number of nitrogens with zero attached hydrogens (tertiary/aromatic N) is 4. The summed E-state index contributed by atoms with van der Waals surface area (Å²) in [5.41, 5.74) is 5.87. The van der Waals surface area contributed by atoms with Crippen molar-refractivity contribution in [3.63, 3.8) is 0 Å². The van der Waals surface area contributed by atoms with Crippen LogP contribution in [0.3, 0.4) is 0 Å². The van der Waals surface area contributed by atoms with Gasteiger partial charge in [-0.25, -0.2) is 13.1 Å². The zero-order valence-corrected chi connectivity index (χ0v) is 22.6. The van der Waals surface area contributed by atoms with E-state index in [1.165, 1.54) is 4.31 Å². The molecular weight excluding hydrogens is 504 g/mol. The number of sulfonamides is 1. The predicted molar refractivity (Wildman–Crippen MR) is 143 cm³/mol. The van der Waals surface area contributed by atoms with Gasteiger partial charge in [-0.2, -0.15) is 4.31 Å². The van der Waals surface area contributed by atoms with E-state index in [0.717, 1.165) is 38.9 Å². The lowest BCUT2D eigenvalue weighted by molar-refractivity contribution is -0.137. The number of rotatable bonds is 6. The average molecular weight is 535 g/mol. The van der Waals surface area contributed by atoms with Crippen LogP contribution in [-0.2, 0) is 28.4 Å². The van der Waals surface area contributed by atoms with Gasteiger partial charge in [0, 0.05) is 19.5 Å². The smallest absolute Gasteiger partial charge is 0.304 e. The summed E-state index contributed by atoms with van der Waals surface area (Å²) < 4.78 is 36.2. The van der Waals surface area contributed by atoms with Crippen molar-refractivity contribution in [3.05, 3.63) is 82.4 Å². The SMILES string of the molecule is Cc1ccc(C(CC(=O)O)c2ccc3c(nnn3C)c2C)cc1CN1CC(C)Oc2ccccc2S1(=O)=O. The Balaban J connectivity index is 1.56. The van der Waals surface area contributed by atoms with Crippen molar-refractivity contribution in [1.29, 1.82) is 0 Å². The van der Waals surface area contributed by atoms with Crippen molar-refractivity contribution in [2.24, 2.45) is 7.05 Å². The molecule has 9 nitrogen and oxygen atoms in total. The van der Waals surface area contributed by atoms with Crippen LogP contribution in [0.15, 0.2) is 59.5 Å². The largest absolute Gasteiger partial charge is 0.488 e. The molecule has 3 aromatic carbocycles. The first kappa shape index (κ1) is 25.9. The summed E-state index contributed by atoms with van der Waals surface area (Å²) >= 11 is 0. The van der Waals surface area contributed by atoms with Crippen molar-refractivity contribution >= 4 is 27.0 Å². The topological polar surface area (TPSA) is 115 Å². The molecule has 0 saturated carbocycles. The summed E-state index contributed by atoms with van der Waals surface area (Å²) in [5, 5.41) is 18.2. The highest BCUT2D eigenvalue weighted by Gasteiger charge is 2.33. The summed E-state index contributed by atoms with van der Waals surface area (Å²) in [6, 6.07) is 16.3. The molecule has 38 heavy (non-hydrogen) atoms. The number of para-hydroxylation sites is 1. The summed E-state index contributed by atoms with van der Waals surface area (Å²) in [4.78, 5) is 12.1. The maximum Gasteiger partial charge on any atom is 0.304 e. The molecule has 0 saturated heterocycles. The third kappa shape index (κ3) is 4.65. The highest BCUT2D eigenvalue weighted by molar-refractivity contribution is 7.89. The van der Waals surface area contributed by atoms with Crippen LogP contribution in [-0.4, -0.2) is 51.4 Å². The lowest BCUT2D eigenvalue weighted by Gasteiger charge is -2.24. The number of carbonyl (C=O) groups is 1. The third-order valence-electron chi connectivity index (χ3n) is 7.21. The Morgan fingerprint density at radius 3 is 2.68 bits per heavy atom. The average Bonchev–Trinajstić information content (AvgIpc) is 3.21. The highest BCUT2D eigenvalue weighted by Crippen LogP contribution is 2.36. The van der Waals surface area contributed by atoms with Gasteiger partial charge in [0.05, 0.1) is 18.5 Å². The molecule has 1 N–H and O–H groups in total. The molecule has 0 aliphatic carbocycles. The van der Waals surface area contributed by atoms with Gasteiger partial charge in [0.1, 0.15) is 22.3 Å². The molecule has 1 aromatic heterocycles. The lowest BCUT2D eigenvalue weighted by Crippen LogP contribution is -2.35. The molecule has 0 amide bonds. The van der Waals surface area contributed by atoms with E-state index in [1.54, 1.807) is 28.9 Å². The Bertz CT molecular complexity index is 1650.